The predicted octanol–water partition coefficient (Wildman–Crippen LogP) is 5.97. The third-order valence-electron chi connectivity index (χ3n) is 7.32. The van der Waals surface area contributed by atoms with Gasteiger partial charge in [0.25, 0.3) is 5.91 Å². The van der Waals surface area contributed by atoms with Crippen LogP contribution in [0.1, 0.15) is 80.5 Å². The van der Waals surface area contributed by atoms with Gasteiger partial charge in [-0.05, 0) is 55.9 Å². The molecular weight excluding hydrogens is 524 g/mol. The molecule has 2 aromatic carbocycles. The lowest BCUT2D eigenvalue weighted by Gasteiger charge is -2.40. The van der Waals surface area contributed by atoms with Crippen molar-refractivity contribution in [2.45, 2.75) is 77.0 Å². The van der Waals surface area contributed by atoms with Gasteiger partial charge < -0.3 is 19.5 Å². The number of hydrogen-bond donors (Lipinski definition) is 1. The summed E-state index contributed by atoms with van der Waals surface area (Å²) >= 11 is 1.41. The summed E-state index contributed by atoms with van der Waals surface area (Å²) < 4.78 is 11.7. The summed E-state index contributed by atoms with van der Waals surface area (Å²) in [5.41, 5.74) is -0.0823. The number of amides is 1. The van der Waals surface area contributed by atoms with Crippen molar-refractivity contribution in [1.29, 1.82) is 0 Å². The lowest BCUT2D eigenvalue weighted by atomic mass is 9.84. The van der Waals surface area contributed by atoms with E-state index in [1.165, 1.54) is 11.3 Å². The highest BCUT2D eigenvalue weighted by Crippen LogP contribution is 2.50. The third kappa shape index (κ3) is 5.93. The summed E-state index contributed by atoms with van der Waals surface area (Å²) in [7, 11) is 1.59. The number of methoxy groups -OCH3 is 1. The molecule has 0 radical (unpaired) electrons. The van der Waals surface area contributed by atoms with Crippen LogP contribution in [0, 0.1) is 5.92 Å². The monoisotopic (exact) mass is 564 g/mol. The van der Waals surface area contributed by atoms with Crippen LogP contribution >= 0.6 is 11.3 Å². The zero-order chi connectivity index (χ0) is 29.3. The lowest BCUT2D eigenvalue weighted by molar-refractivity contribution is -0.167. The van der Waals surface area contributed by atoms with Crippen molar-refractivity contribution in [2.24, 2.45) is 5.92 Å². The van der Waals surface area contributed by atoms with Gasteiger partial charge in [0.05, 0.1) is 13.2 Å². The zero-order valence-electron chi connectivity index (χ0n) is 24.4. The van der Waals surface area contributed by atoms with E-state index in [4.69, 9.17) is 9.47 Å². The number of aliphatic hydroxyl groups excluding tert-OH is 1. The van der Waals surface area contributed by atoms with Crippen LogP contribution in [0.15, 0.2) is 60.1 Å². The molecular formula is C32H40N2O5S. The number of ether oxygens (including phenoxy) is 2. The molecule has 0 bridgehead atoms. The maximum Gasteiger partial charge on any atom is 0.332 e. The van der Waals surface area contributed by atoms with Crippen LogP contribution in [0.3, 0.4) is 0 Å². The van der Waals surface area contributed by atoms with Crippen molar-refractivity contribution in [3.05, 3.63) is 81.8 Å². The molecule has 7 nitrogen and oxygen atoms in total. The number of nitrogens with zero attached hydrogens (tertiary/aromatic N) is 2. The van der Waals surface area contributed by atoms with Crippen molar-refractivity contribution >= 4 is 23.2 Å². The van der Waals surface area contributed by atoms with E-state index in [1.807, 2.05) is 62.5 Å². The van der Waals surface area contributed by atoms with Gasteiger partial charge >= 0.3 is 5.97 Å². The van der Waals surface area contributed by atoms with E-state index in [1.54, 1.807) is 30.3 Å². The van der Waals surface area contributed by atoms with Crippen LogP contribution in [-0.4, -0.2) is 51.7 Å². The van der Waals surface area contributed by atoms with Crippen molar-refractivity contribution in [3.8, 4) is 5.75 Å². The molecule has 8 heteroatoms. The highest BCUT2D eigenvalue weighted by Gasteiger charge is 2.60. The van der Waals surface area contributed by atoms with Gasteiger partial charge in [-0.15, -0.1) is 11.3 Å². The fourth-order valence-electron chi connectivity index (χ4n) is 5.60. The molecule has 2 heterocycles. The summed E-state index contributed by atoms with van der Waals surface area (Å²) in [5, 5.41) is 13.1. The first-order chi connectivity index (χ1) is 18.8. The van der Waals surface area contributed by atoms with E-state index < -0.39 is 29.1 Å². The summed E-state index contributed by atoms with van der Waals surface area (Å²) in [6.07, 6.45) is 2.16. The number of likely N-dealkylation sites (tertiary alicyclic amines) is 1. The molecule has 3 atom stereocenters. The summed E-state index contributed by atoms with van der Waals surface area (Å²) in [6, 6.07) is 14.5. The minimum Gasteiger partial charge on any atom is -0.496 e. The first-order valence-electron chi connectivity index (χ1n) is 13.6. The SMILES string of the molecule is COc1cc(C(=O)N2[C@@H](c3nccs3)[C@H](CO)C[C@@]2(Cc2ccccc2)C(=O)OC(C)(C)C)ccc1C(C)(C)C. The van der Waals surface area contributed by atoms with Gasteiger partial charge in [-0.25, -0.2) is 9.78 Å². The van der Waals surface area contributed by atoms with Crippen molar-refractivity contribution < 1.29 is 24.2 Å². The fraction of sp³-hybridized carbons (Fsp3) is 0.469. The maximum absolute atomic E-state index is 14.7. The Morgan fingerprint density at radius 1 is 1.10 bits per heavy atom. The number of thiazole rings is 1. The number of hydrogen-bond acceptors (Lipinski definition) is 7. The third-order valence-corrected chi connectivity index (χ3v) is 8.16. The molecule has 1 aromatic heterocycles. The van der Waals surface area contributed by atoms with E-state index in [-0.39, 0.29) is 30.8 Å². The van der Waals surface area contributed by atoms with Crippen LogP contribution in [0.4, 0.5) is 0 Å². The Balaban J connectivity index is 1.94. The van der Waals surface area contributed by atoms with Gasteiger partial charge in [0.1, 0.15) is 21.9 Å². The molecule has 1 saturated heterocycles. The molecule has 0 aliphatic carbocycles. The van der Waals surface area contributed by atoms with Crippen LogP contribution in [0.5, 0.6) is 5.75 Å². The summed E-state index contributed by atoms with van der Waals surface area (Å²) in [6.45, 7) is 11.5. The van der Waals surface area contributed by atoms with Gasteiger partial charge in [0, 0.05) is 36.1 Å². The van der Waals surface area contributed by atoms with Crippen LogP contribution in [0.25, 0.3) is 0 Å². The van der Waals surface area contributed by atoms with Crippen molar-refractivity contribution in [1.82, 2.24) is 9.88 Å². The largest absolute Gasteiger partial charge is 0.496 e. The first kappa shape index (κ1) is 29.7. The molecule has 0 saturated carbocycles. The Bertz CT molecular complexity index is 1330. The Labute approximate surface area is 241 Å². The standard InChI is InChI=1S/C32H40N2O5S/c1-30(2,3)24-14-13-22(17-25(24)38-7)28(36)34-26(27-33-15-16-40-27)23(20-35)19-32(34,29(37)39-31(4,5)6)18-21-11-9-8-10-12-21/h8-17,23,26,35H,18-20H2,1-7H3/t23-,26+,32-/m0/s1. The zero-order valence-corrected chi connectivity index (χ0v) is 25.2. The molecule has 0 spiro atoms. The Morgan fingerprint density at radius 3 is 2.35 bits per heavy atom. The van der Waals surface area contributed by atoms with Gasteiger partial charge in [-0.2, -0.15) is 0 Å². The van der Waals surface area contributed by atoms with Gasteiger partial charge in [-0.1, -0.05) is 57.2 Å². The van der Waals surface area contributed by atoms with E-state index >= 15 is 0 Å². The number of aromatic nitrogens is 1. The molecule has 1 aliphatic heterocycles. The Morgan fingerprint density at radius 2 is 1.80 bits per heavy atom. The van der Waals surface area contributed by atoms with Crippen LogP contribution in [-0.2, 0) is 21.4 Å². The van der Waals surface area contributed by atoms with Crippen molar-refractivity contribution in [3.63, 3.8) is 0 Å². The van der Waals surface area contributed by atoms with E-state index in [0.717, 1.165) is 11.1 Å². The van der Waals surface area contributed by atoms with Crippen LogP contribution < -0.4 is 4.74 Å². The average Bonchev–Trinajstić information content (AvgIpc) is 3.53. The Hall–Kier alpha value is -3.23. The normalized spacial score (nSPS) is 21.4. The molecule has 1 aliphatic rings. The highest BCUT2D eigenvalue weighted by molar-refractivity contribution is 7.09. The van der Waals surface area contributed by atoms with Gasteiger partial charge in [0.15, 0.2) is 0 Å². The second-order valence-corrected chi connectivity index (χ2v) is 13.4. The van der Waals surface area contributed by atoms with E-state index in [2.05, 4.69) is 25.8 Å². The number of rotatable bonds is 7. The average molecular weight is 565 g/mol. The van der Waals surface area contributed by atoms with Gasteiger partial charge in [0.2, 0.25) is 0 Å². The molecule has 3 aromatic rings. The quantitative estimate of drug-likeness (QED) is 0.356. The first-order valence-corrected chi connectivity index (χ1v) is 14.5. The molecule has 40 heavy (non-hydrogen) atoms. The number of carbonyl (C=O) groups is 2. The summed E-state index contributed by atoms with van der Waals surface area (Å²) in [5.74, 6) is -0.639. The molecule has 4 rings (SSSR count). The van der Waals surface area contributed by atoms with Crippen molar-refractivity contribution in [2.75, 3.05) is 13.7 Å². The second kappa shape index (κ2) is 11.3. The number of benzene rings is 2. The minimum absolute atomic E-state index is 0.195. The number of carbonyl (C=O) groups excluding carboxylic acids is 2. The molecule has 0 unspecified atom stereocenters. The van der Waals surface area contributed by atoms with E-state index in [0.29, 0.717) is 16.3 Å². The van der Waals surface area contributed by atoms with Gasteiger partial charge in [-0.3, -0.25) is 4.79 Å². The predicted molar refractivity (Wildman–Crippen MR) is 157 cm³/mol. The topological polar surface area (TPSA) is 89.0 Å². The number of aliphatic hydroxyl groups is 1. The second-order valence-electron chi connectivity index (χ2n) is 12.5. The highest BCUT2D eigenvalue weighted by atomic mass is 32.1. The fourth-order valence-corrected chi connectivity index (χ4v) is 6.42. The van der Waals surface area contributed by atoms with E-state index in [9.17, 15) is 14.7 Å². The minimum atomic E-state index is -1.37. The van der Waals surface area contributed by atoms with Crippen LogP contribution in [0.2, 0.25) is 0 Å². The molecule has 214 valence electrons. The molecule has 1 amide bonds. The molecule has 1 fully saturated rings. The summed E-state index contributed by atoms with van der Waals surface area (Å²) in [4.78, 5) is 35.1. The Kier molecular flexibility index (Phi) is 8.43. The lowest BCUT2D eigenvalue weighted by Crippen LogP contribution is -2.57. The number of esters is 1. The maximum atomic E-state index is 14.7. The smallest absolute Gasteiger partial charge is 0.332 e. The molecule has 1 N–H and O–H groups in total.